The van der Waals surface area contributed by atoms with Crippen molar-refractivity contribution in [3.05, 3.63) is 30.0 Å². The Morgan fingerprint density at radius 2 is 2.00 bits per heavy atom. The van der Waals surface area contributed by atoms with Crippen LogP contribution in [0.3, 0.4) is 0 Å². The number of aromatic nitrogens is 2. The molecule has 4 heteroatoms. The average Bonchev–Trinajstić information content (AvgIpc) is 3.23. The van der Waals surface area contributed by atoms with Gasteiger partial charge in [-0.3, -0.25) is 0 Å². The van der Waals surface area contributed by atoms with Gasteiger partial charge in [0.2, 0.25) is 0 Å². The van der Waals surface area contributed by atoms with Crippen molar-refractivity contribution >= 4 is 16.6 Å². The minimum absolute atomic E-state index is 0.0165. The topological polar surface area (TPSA) is 61.6 Å². The Morgan fingerprint density at radius 1 is 1.26 bits per heavy atom. The van der Waals surface area contributed by atoms with E-state index in [-0.39, 0.29) is 5.54 Å². The summed E-state index contributed by atoms with van der Waals surface area (Å²) < 4.78 is 0. The molecule has 0 bridgehead atoms. The first-order valence-corrected chi connectivity index (χ1v) is 6.55. The molecular weight excluding hydrogens is 236 g/mol. The molecule has 2 aromatic rings. The van der Waals surface area contributed by atoms with Crippen LogP contribution in [0.5, 0.6) is 0 Å². The van der Waals surface area contributed by atoms with Crippen LogP contribution in [-0.4, -0.2) is 15.7 Å². The summed E-state index contributed by atoms with van der Waals surface area (Å²) in [4.78, 5) is 0. The molecule has 3 rings (SSSR count). The van der Waals surface area contributed by atoms with Crippen LogP contribution < -0.4 is 5.32 Å². The molecule has 0 spiro atoms. The van der Waals surface area contributed by atoms with E-state index >= 15 is 0 Å². The fraction of sp³-hybridized carbons (Fsp3) is 0.400. The van der Waals surface area contributed by atoms with E-state index < -0.39 is 0 Å². The third-order valence-electron chi connectivity index (χ3n) is 3.82. The fourth-order valence-corrected chi connectivity index (χ4v) is 2.49. The maximum Gasteiger partial charge on any atom is 0.186 e. The Kier molecular flexibility index (Phi) is 2.63. The second-order valence-corrected chi connectivity index (χ2v) is 5.67. The van der Waals surface area contributed by atoms with Crippen molar-refractivity contribution in [2.75, 3.05) is 5.32 Å². The number of benzene rings is 1. The van der Waals surface area contributed by atoms with E-state index in [2.05, 4.69) is 35.4 Å². The lowest BCUT2D eigenvalue weighted by Gasteiger charge is -2.28. The number of nitrogens with one attached hydrogen (secondary N) is 1. The monoisotopic (exact) mass is 252 g/mol. The summed E-state index contributed by atoms with van der Waals surface area (Å²) in [6.07, 6.45) is 2.50. The third kappa shape index (κ3) is 2.12. The van der Waals surface area contributed by atoms with Crippen LogP contribution in [0.15, 0.2) is 24.3 Å². The maximum absolute atomic E-state index is 9.24. The summed E-state index contributed by atoms with van der Waals surface area (Å²) in [5.41, 5.74) is 1.98. The molecule has 0 radical (unpaired) electrons. The molecule has 1 heterocycles. The second-order valence-electron chi connectivity index (χ2n) is 5.67. The lowest BCUT2D eigenvalue weighted by Crippen LogP contribution is -2.33. The van der Waals surface area contributed by atoms with E-state index in [1.807, 2.05) is 24.3 Å². The van der Waals surface area contributed by atoms with Crippen molar-refractivity contribution in [2.24, 2.45) is 5.92 Å². The number of hydrogen-bond acceptors (Lipinski definition) is 4. The molecule has 0 aliphatic heterocycles. The van der Waals surface area contributed by atoms with Crippen LogP contribution in [0, 0.1) is 17.2 Å². The highest BCUT2D eigenvalue weighted by Gasteiger charge is 2.38. The summed E-state index contributed by atoms with van der Waals surface area (Å²) in [6.45, 7) is 4.36. The Morgan fingerprint density at radius 3 is 2.68 bits per heavy atom. The molecule has 1 aromatic carbocycles. The van der Waals surface area contributed by atoms with Crippen molar-refractivity contribution in [3.63, 3.8) is 0 Å². The van der Waals surface area contributed by atoms with E-state index in [1.54, 1.807) is 0 Å². The van der Waals surface area contributed by atoms with Crippen LogP contribution in [0.2, 0.25) is 0 Å². The van der Waals surface area contributed by atoms with E-state index in [9.17, 15) is 5.26 Å². The predicted molar refractivity (Wildman–Crippen MR) is 74.7 cm³/mol. The van der Waals surface area contributed by atoms with E-state index in [1.165, 1.54) is 12.8 Å². The quantitative estimate of drug-likeness (QED) is 0.911. The number of rotatable bonds is 3. The molecule has 0 unspecified atom stereocenters. The largest absolute Gasteiger partial charge is 0.377 e. The predicted octanol–water partition coefficient (Wildman–Crippen LogP) is 3.10. The Balaban J connectivity index is 2.12. The van der Waals surface area contributed by atoms with Crippen LogP contribution in [0.1, 0.15) is 32.4 Å². The van der Waals surface area contributed by atoms with Gasteiger partial charge in [0.15, 0.2) is 5.69 Å². The molecule has 1 fully saturated rings. The van der Waals surface area contributed by atoms with Crippen molar-refractivity contribution in [3.8, 4) is 6.07 Å². The molecule has 96 valence electrons. The van der Waals surface area contributed by atoms with Crippen LogP contribution >= 0.6 is 0 Å². The number of anilines is 1. The molecule has 0 amide bonds. The minimum Gasteiger partial charge on any atom is -0.377 e. The van der Waals surface area contributed by atoms with Crippen LogP contribution in [0.25, 0.3) is 10.9 Å². The van der Waals surface area contributed by atoms with Gasteiger partial charge in [0.05, 0.1) is 11.2 Å². The zero-order valence-electron chi connectivity index (χ0n) is 11.1. The average molecular weight is 252 g/mol. The zero-order valence-corrected chi connectivity index (χ0v) is 11.1. The second kappa shape index (κ2) is 4.20. The molecule has 0 atom stereocenters. The molecule has 1 aromatic heterocycles. The summed E-state index contributed by atoms with van der Waals surface area (Å²) in [5.74, 6) is 0.672. The van der Waals surface area contributed by atoms with Gasteiger partial charge < -0.3 is 5.32 Å². The highest BCUT2D eigenvalue weighted by Crippen LogP contribution is 2.42. The van der Waals surface area contributed by atoms with Gasteiger partial charge in [0, 0.05) is 10.9 Å². The fourth-order valence-electron chi connectivity index (χ4n) is 2.49. The molecule has 1 saturated carbocycles. The number of nitriles is 1. The Labute approximate surface area is 112 Å². The van der Waals surface area contributed by atoms with Crippen LogP contribution in [-0.2, 0) is 0 Å². The summed E-state index contributed by atoms with van der Waals surface area (Å²) in [7, 11) is 0. The first-order chi connectivity index (χ1) is 9.12. The van der Waals surface area contributed by atoms with Gasteiger partial charge in [-0.2, -0.15) is 5.26 Å². The van der Waals surface area contributed by atoms with E-state index in [0.29, 0.717) is 11.6 Å². The number of fused-ring (bicyclic) bond motifs is 1. The number of hydrogen-bond donors (Lipinski definition) is 1. The van der Waals surface area contributed by atoms with Gasteiger partial charge in [-0.25, -0.2) is 0 Å². The van der Waals surface area contributed by atoms with Gasteiger partial charge >= 0.3 is 0 Å². The first kappa shape index (κ1) is 11.9. The summed E-state index contributed by atoms with van der Waals surface area (Å²) in [6, 6.07) is 9.92. The molecule has 19 heavy (non-hydrogen) atoms. The molecular formula is C15H16N4. The smallest absolute Gasteiger partial charge is 0.186 e. The number of nitrogens with zero attached hydrogens (tertiary/aromatic N) is 3. The lowest BCUT2D eigenvalue weighted by molar-refractivity contribution is 0.494. The highest BCUT2D eigenvalue weighted by atomic mass is 15.1. The van der Waals surface area contributed by atoms with Crippen molar-refractivity contribution in [1.29, 1.82) is 5.26 Å². The Hall–Kier alpha value is -2.15. The summed E-state index contributed by atoms with van der Waals surface area (Å²) >= 11 is 0. The minimum atomic E-state index is -0.0165. The van der Waals surface area contributed by atoms with Gasteiger partial charge in [-0.1, -0.05) is 18.2 Å². The molecule has 1 aliphatic carbocycles. The summed E-state index contributed by atoms with van der Waals surface area (Å²) in [5, 5.41) is 21.8. The van der Waals surface area contributed by atoms with Gasteiger partial charge in [-0.15, -0.1) is 10.2 Å². The Bertz CT molecular complexity index is 665. The van der Waals surface area contributed by atoms with E-state index in [4.69, 9.17) is 0 Å². The lowest BCUT2D eigenvalue weighted by atomic mass is 9.97. The standard InChI is InChI=1S/C15H16N4/c1-15(2,10-7-8-10)17-14-11-5-3-4-6-12(11)18-19-13(14)9-16/h3-6,10H,7-8H2,1-2H3,(H,17,18). The van der Waals surface area contributed by atoms with E-state index in [0.717, 1.165) is 16.6 Å². The molecule has 1 N–H and O–H groups in total. The molecule has 0 saturated heterocycles. The first-order valence-electron chi connectivity index (χ1n) is 6.55. The van der Waals surface area contributed by atoms with Crippen molar-refractivity contribution < 1.29 is 0 Å². The third-order valence-corrected chi connectivity index (χ3v) is 3.82. The molecule has 1 aliphatic rings. The van der Waals surface area contributed by atoms with Gasteiger partial charge in [0.1, 0.15) is 6.07 Å². The maximum atomic E-state index is 9.24. The zero-order chi connectivity index (χ0) is 13.5. The van der Waals surface area contributed by atoms with Crippen molar-refractivity contribution in [2.45, 2.75) is 32.2 Å². The van der Waals surface area contributed by atoms with Gasteiger partial charge in [-0.05, 0) is 38.7 Å². The SMILES string of the molecule is CC(C)(Nc1c(C#N)nnc2ccccc12)C1CC1. The molecule has 4 nitrogen and oxygen atoms in total. The van der Waals surface area contributed by atoms with Crippen LogP contribution in [0.4, 0.5) is 5.69 Å². The van der Waals surface area contributed by atoms with Gasteiger partial charge in [0.25, 0.3) is 0 Å². The normalized spacial score (nSPS) is 15.2. The van der Waals surface area contributed by atoms with Crippen molar-refractivity contribution in [1.82, 2.24) is 10.2 Å². The highest BCUT2D eigenvalue weighted by molar-refractivity contribution is 5.93.